The summed E-state index contributed by atoms with van der Waals surface area (Å²) in [5, 5.41) is 0. The molecule has 0 bridgehead atoms. The molecule has 2 heterocycles. The number of carbonyl (C=O) groups excluding carboxylic acids is 2. The van der Waals surface area contributed by atoms with E-state index in [1.165, 1.54) is 0 Å². The molecule has 0 unspecified atom stereocenters. The third kappa shape index (κ3) is 4.24. The van der Waals surface area contributed by atoms with Gasteiger partial charge in [-0.3, -0.25) is 4.79 Å². The van der Waals surface area contributed by atoms with Crippen LogP contribution in [0.5, 0.6) is 0 Å². The molecular formula is C20H22BrNO4. The van der Waals surface area contributed by atoms with E-state index in [0.717, 1.165) is 41.9 Å². The van der Waals surface area contributed by atoms with Crippen LogP contribution in [-0.4, -0.2) is 35.6 Å². The van der Waals surface area contributed by atoms with Crippen LogP contribution in [0.15, 0.2) is 34.8 Å². The van der Waals surface area contributed by atoms with Gasteiger partial charge >= 0.3 is 5.97 Å². The summed E-state index contributed by atoms with van der Waals surface area (Å²) in [4.78, 5) is 24.6. The summed E-state index contributed by atoms with van der Waals surface area (Å²) in [6.07, 6.45) is 2.34. The van der Waals surface area contributed by atoms with Crippen LogP contribution in [0.3, 0.4) is 0 Å². The summed E-state index contributed by atoms with van der Waals surface area (Å²) in [5.74, 6) is -0.701. The van der Waals surface area contributed by atoms with Crippen LogP contribution in [0.1, 0.15) is 44.9 Å². The SMILES string of the molecule is Cc1cc(C(=O)COC(=O)c2cccc(Br)c2)c(C)n1C[C@@H]1CCCO1. The van der Waals surface area contributed by atoms with E-state index in [4.69, 9.17) is 9.47 Å². The Kier molecular flexibility index (Phi) is 5.94. The van der Waals surface area contributed by atoms with Crippen LogP contribution in [0.2, 0.25) is 0 Å². The summed E-state index contributed by atoms with van der Waals surface area (Å²) in [5.41, 5.74) is 2.92. The predicted octanol–water partition coefficient (Wildman–Crippen LogP) is 4.09. The van der Waals surface area contributed by atoms with Crippen LogP contribution in [0.4, 0.5) is 0 Å². The Morgan fingerprint density at radius 2 is 2.12 bits per heavy atom. The number of hydrogen-bond donors (Lipinski definition) is 0. The molecule has 5 nitrogen and oxygen atoms in total. The number of carbonyl (C=O) groups is 2. The molecule has 1 aromatic carbocycles. The lowest BCUT2D eigenvalue weighted by atomic mass is 10.1. The molecule has 1 aromatic heterocycles. The molecule has 1 aliphatic heterocycles. The molecule has 26 heavy (non-hydrogen) atoms. The molecule has 6 heteroatoms. The van der Waals surface area contributed by atoms with Crippen molar-refractivity contribution in [3.8, 4) is 0 Å². The lowest BCUT2D eigenvalue weighted by Gasteiger charge is -2.14. The van der Waals surface area contributed by atoms with Crippen molar-refractivity contribution in [1.82, 2.24) is 4.57 Å². The van der Waals surface area contributed by atoms with E-state index in [1.54, 1.807) is 18.2 Å². The zero-order valence-electron chi connectivity index (χ0n) is 15.0. The molecule has 1 atom stereocenters. The van der Waals surface area contributed by atoms with Crippen molar-refractivity contribution in [3.63, 3.8) is 0 Å². The largest absolute Gasteiger partial charge is 0.454 e. The Morgan fingerprint density at radius 3 is 2.81 bits per heavy atom. The molecule has 0 spiro atoms. The van der Waals surface area contributed by atoms with Crippen molar-refractivity contribution in [2.24, 2.45) is 0 Å². The molecule has 1 aliphatic rings. The van der Waals surface area contributed by atoms with E-state index < -0.39 is 5.97 Å². The Labute approximate surface area is 161 Å². The first-order chi connectivity index (χ1) is 12.5. The van der Waals surface area contributed by atoms with E-state index >= 15 is 0 Å². The zero-order valence-corrected chi connectivity index (χ0v) is 16.5. The summed E-state index contributed by atoms with van der Waals surface area (Å²) >= 11 is 3.32. The molecular weight excluding hydrogens is 398 g/mol. The fourth-order valence-corrected chi connectivity index (χ4v) is 3.66. The molecule has 0 N–H and O–H groups in total. The van der Waals surface area contributed by atoms with Gasteiger partial charge in [0.2, 0.25) is 5.78 Å². The van der Waals surface area contributed by atoms with Crippen molar-refractivity contribution in [3.05, 3.63) is 57.3 Å². The highest BCUT2D eigenvalue weighted by Gasteiger charge is 2.21. The van der Waals surface area contributed by atoms with Crippen LogP contribution in [-0.2, 0) is 16.0 Å². The first kappa shape index (κ1) is 18.9. The number of aryl methyl sites for hydroxylation is 1. The van der Waals surface area contributed by atoms with E-state index in [0.29, 0.717) is 11.1 Å². The second-order valence-corrected chi connectivity index (χ2v) is 7.46. The number of benzene rings is 1. The minimum atomic E-state index is -0.507. The first-order valence-electron chi connectivity index (χ1n) is 8.70. The van der Waals surface area contributed by atoms with Crippen LogP contribution in [0.25, 0.3) is 0 Å². The minimum absolute atomic E-state index is 0.194. The third-order valence-corrected chi connectivity index (χ3v) is 5.17. The zero-order chi connectivity index (χ0) is 18.7. The Morgan fingerprint density at radius 1 is 1.31 bits per heavy atom. The molecule has 0 saturated carbocycles. The minimum Gasteiger partial charge on any atom is -0.454 e. The Hall–Kier alpha value is -1.92. The predicted molar refractivity (Wildman–Crippen MR) is 102 cm³/mol. The van der Waals surface area contributed by atoms with Gasteiger partial charge in [0.1, 0.15) is 0 Å². The summed E-state index contributed by atoms with van der Waals surface area (Å²) in [6, 6.07) is 8.76. The van der Waals surface area contributed by atoms with Crippen LogP contribution >= 0.6 is 15.9 Å². The fourth-order valence-electron chi connectivity index (χ4n) is 3.26. The third-order valence-electron chi connectivity index (χ3n) is 4.68. The number of ketones is 1. The van der Waals surface area contributed by atoms with Gasteiger partial charge in [-0.15, -0.1) is 0 Å². The molecule has 1 saturated heterocycles. The topological polar surface area (TPSA) is 57.5 Å². The fraction of sp³-hybridized carbons (Fsp3) is 0.400. The van der Waals surface area contributed by atoms with Gasteiger partial charge in [0.15, 0.2) is 6.61 Å². The van der Waals surface area contributed by atoms with Crippen molar-refractivity contribution >= 4 is 27.7 Å². The summed E-state index contributed by atoms with van der Waals surface area (Å²) < 4.78 is 13.8. The standard InChI is InChI=1S/C20H22BrNO4/c1-13-9-18(14(2)22(13)11-17-7-4-8-25-17)19(23)12-26-20(24)15-5-3-6-16(21)10-15/h3,5-6,9-10,17H,4,7-8,11-12H2,1-2H3/t17-/m0/s1. The number of halogens is 1. The monoisotopic (exact) mass is 419 g/mol. The molecule has 0 radical (unpaired) electrons. The van der Waals surface area contributed by atoms with Gasteiger partial charge in [-0.2, -0.15) is 0 Å². The van der Waals surface area contributed by atoms with Crippen molar-refractivity contribution in [1.29, 1.82) is 0 Å². The van der Waals surface area contributed by atoms with E-state index in [-0.39, 0.29) is 18.5 Å². The molecule has 138 valence electrons. The number of aromatic nitrogens is 1. The lowest BCUT2D eigenvalue weighted by Crippen LogP contribution is -2.18. The first-order valence-corrected chi connectivity index (χ1v) is 9.49. The van der Waals surface area contributed by atoms with E-state index in [9.17, 15) is 9.59 Å². The molecule has 3 rings (SSSR count). The van der Waals surface area contributed by atoms with Crippen LogP contribution in [0, 0.1) is 13.8 Å². The molecule has 2 aromatic rings. The number of esters is 1. The number of hydrogen-bond acceptors (Lipinski definition) is 4. The number of Topliss-reactive ketones (excluding diaryl/α,β-unsaturated/α-hetero) is 1. The average Bonchev–Trinajstić information content (AvgIpc) is 3.23. The molecule has 0 aliphatic carbocycles. The second kappa shape index (κ2) is 8.18. The highest BCUT2D eigenvalue weighted by molar-refractivity contribution is 9.10. The van der Waals surface area contributed by atoms with Gasteiger partial charge in [-0.1, -0.05) is 22.0 Å². The van der Waals surface area contributed by atoms with Crippen molar-refractivity contribution in [2.45, 2.75) is 39.3 Å². The van der Waals surface area contributed by atoms with Crippen LogP contribution < -0.4 is 0 Å². The number of ether oxygens (including phenoxy) is 2. The maximum absolute atomic E-state index is 12.5. The summed E-state index contributed by atoms with van der Waals surface area (Å²) in [6.45, 7) is 5.19. The van der Waals surface area contributed by atoms with Crippen molar-refractivity contribution < 1.29 is 19.1 Å². The molecule has 0 amide bonds. The molecule has 1 fully saturated rings. The van der Waals surface area contributed by atoms with Gasteiger partial charge in [0, 0.05) is 34.6 Å². The second-order valence-electron chi connectivity index (χ2n) is 6.54. The van der Waals surface area contributed by atoms with Gasteiger partial charge in [-0.25, -0.2) is 4.79 Å². The van der Waals surface area contributed by atoms with E-state index in [1.807, 2.05) is 26.0 Å². The van der Waals surface area contributed by atoms with Gasteiger partial charge in [0.25, 0.3) is 0 Å². The quantitative estimate of drug-likeness (QED) is 0.522. The lowest BCUT2D eigenvalue weighted by molar-refractivity contribution is 0.0474. The highest BCUT2D eigenvalue weighted by Crippen LogP contribution is 2.21. The van der Waals surface area contributed by atoms with Crippen molar-refractivity contribution in [2.75, 3.05) is 13.2 Å². The van der Waals surface area contributed by atoms with E-state index in [2.05, 4.69) is 20.5 Å². The highest BCUT2D eigenvalue weighted by atomic mass is 79.9. The summed E-state index contributed by atoms with van der Waals surface area (Å²) in [7, 11) is 0. The smallest absolute Gasteiger partial charge is 0.338 e. The number of rotatable bonds is 6. The normalized spacial score (nSPS) is 16.7. The average molecular weight is 420 g/mol. The Bertz CT molecular complexity index is 821. The van der Waals surface area contributed by atoms with Gasteiger partial charge in [-0.05, 0) is 51.0 Å². The maximum Gasteiger partial charge on any atom is 0.338 e. The Balaban J connectivity index is 1.65. The maximum atomic E-state index is 12.5. The van der Waals surface area contributed by atoms with Gasteiger partial charge in [0.05, 0.1) is 11.7 Å². The number of nitrogens with zero attached hydrogens (tertiary/aromatic N) is 1. The van der Waals surface area contributed by atoms with Gasteiger partial charge < -0.3 is 14.0 Å².